The molecule has 0 saturated heterocycles. The van der Waals surface area contributed by atoms with Gasteiger partial charge in [0.25, 0.3) is 5.69 Å². The van der Waals surface area contributed by atoms with Crippen molar-refractivity contribution in [3.05, 3.63) is 70.3 Å². The lowest BCUT2D eigenvalue weighted by Crippen LogP contribution is -1.94. The predicted molar refractivity (Wildman–Crippen MR) is 78.4 cm³/mol. The summed E-state index contributed by atoms with van der Waals surface area (Å²) in [4.78, 5) is 9.97. The second-order valence-corrected chi connectivity index (χ2v) is 6.58. The first kappa shape index (κ1) is 15.5. The molecule has 0 fully saturated rings. The van der Waals surface area contributed by atoms with Crippen molar-refractivity contribution >= 4 is 23.9 Å². The van der Waals surface area contributed by atoms with Crippen molar-refractivity contribution in [1.82, 2.24) is 0 Å². The SMILES string of the molecule is O=[N+]([O-])c1ccc(OP(=O)(Cl)OCc2ccccc2)cc1. The number of rotatable bonds is 6. The van der Waals surface area contributed by atoms with E-state index in [2.05, 4.69) is 0 Å². The Hall–Kier alpha value is -1.88. The van der Waals surface area contributed by atoms with Gasteiger partial charge in [0.15, 0.2) is 0 Å². The monoisotopic (exact) mass is 327 g/mol. The van der Waals surface area contributed by atoms with E-state index in [9.17, 15) is 14.7 Å². The smallest absolute Gasteiger partial charge is 0.413 e. The molecule has 0 bridgehead atoms. The number of hydrogen-bond acceptors (Lipinski definition) is 5. The molecule has 0 radical (unpaired) electrons. The molecule has 110 valence electrons. The van der Waals surface area contributed by atoms with Crippen LogP contribution in [0.15, 0.2) is 54.6 Å². The number of nitro groups is 1. The molecule has 1 unspecified atom stereocenters. The van der Waals surface area contributed by atoms with Crippen LogP contribution >= 0.6 is 18.2 Å². The van der Waals surface area contributed by atoms with Gasteiger partial charge in [-0.2, -0.15) is 0 Å². The third-order valence-corrected chi connectivity index (χ3v) is 3.86. The fourth-order valence-corrected chi connectivity index (χ4v) is 2.62. The predicted octanol–water partition coefficient (Wildman–Crippen LogP) is 4.54. The molecule has 0 aliphatic carbocycles. The van der Waals surface area contributed by atoms with Crippen molar-refractivity contribution in [2.45, 2.75) is 6.61 Å². The maximum Gasteiger partial charge on any atom is 0.477 e. The number of nitro benzene ring substituents is 1. The van der Waals surface area contributed by atoms with Crippen molar-refractivity contribution in [2.75, 3.05) is 0 Å². The highest BCUT2D eigenvalue weighted by Gasteiger charge is 2.23. The van der Waals surface area contributed by atoms with Crippen molar-refractivity contribution in [3.63, 3.8) is 0 Å². The fourth-order valence-electron chi connectivity index (χ4n) is 1.51. The van der Waals surface area contributed by atoms with Gasteiger partial charge in [-0.25, -0.2) is 4.57 Å². The van der Waals surface area contributed by atoms with Gasteiger partial charge in [-0.1, -0.05) is 30.3 Å². The Bertz CT molecular complexity index is 662. The van der Waals surface area contributed by atoms with Gasteiger partial charge in [0.2, 0.25) is 0 Å². The molecule has 0 spiro atoms. The Labute approximate surface area is 125 Å². The third kappa shape index (κ3) is 4.86. The molecule has 2 aromatic rings. The van der Waals surface area contributed by atoms with E-state index in [1.807, 2.05) is 18.2 Å². The molecule has 2 aromatic carbocycles. The second-order valence-electron chi connectivity index (χ2n) is 4.03. The zero-order chi connectivity index (χ0) is 15.3. The van der Waals surface area contributed by atoms with Gasteiger partial charge in [0, 0.05) is 23.4 Å². The zero-order valence-corrected chi connectivity index (χ0v) is 12.4. The van der Waals surface area contributed by atoms with E-state index in [4.69, 9.17) is 20.3 Å². The van der Waals surface area contributed by atoms with Crippen LogP contribution in [0, 0.1) is 10.1 Å². The van der Waals surface area contributed by atoms with Gasteiger partial charge in [0.05, 0.1) is 11.5 Å². The summed E-state index contributed by atoms with van der Waals surface area (Å²) in [5.74, 6) is 0.131. The van der Waals surface area contributed by atoms with E-state index in [0.29, 0.717) is 0 Å². The minimum absolute atomic E-state index is 0.0363. The van der Waals surface area contributed by atoms with E-state index >= 15 is 0 Å². The van der Waals surface area contributed by atoms with Crippen molar-refractivity contribution < 1.29 is 18.5 Å². The average Bonchev–Trinajstić information content (AvgIpc) is 2.46. The Kier molecular flexibility index (Phi) is 4.96. The molecule has 2 rings (SSSR count). The van der Waals surface area contributed by atoms with Crippen molar-refractivity contribution in [1.29, 1.82) is 0 Å². The van der Waals surface area contributed by atoms with E-state index in [0.717, 1.165) is 5.56 Å². The van der Waals surface area contributed by atoms with Crippen molar-refractivity contribution in [2.24, 2.45) is 0 Å². The third-order valence-electron chi connectivity index (χ3n) is 2.49. The minimum Gasteiger partial charge on any atom is -0.413 e. The highest BCUT2D eigenvalue weighted by molar-refractivity contribution is 7.81. The Morgan fingerprint density at radius 2 is 1.71 bits per heavy atom. The van der Waals surface area contributed by atoms with Gasteiger partial charge in [0.1, 0.15) is 5.75 Å². The van der Waals surface area contributed by atoms with Crippen LogP contribution in [0.2, 0.25) is 0 Å². The Morgan fingerprint density at radius 1 is 1.10 bits per heavy atom. The first-order valence-corrected chi connectivity index (χ1v) is 8.33. The molecule has 0 aliphatic heterocycles. The van der Waals surface area contributed by atoms with Gasteiger partial charge in [-0.15, -0.1) is 0 Å². The normalized spacial score (nSPS) is 13.4. The lowest BCUT2D eigenvalue weighted by atomic mass is 10.2. The number of hydrogen-bond donors (Lipinski definition) is 0. The lowest BCUT2D eigenvalue weighted by molar-refractivity contribution is -0.384. The topological polar surface area (TPSA) is 78.7 Å². The summed E-state index contributed by atoms with van der Waals surface area (Å²) in [5.41, 5.74) is 0.697. The van der Waals surface area contributed by atoms with Gasteiger partial charge in [-0.3, -0.25) is 14.6 Å². The van der Waals surface area contributed by atoms with E-state index in [-0.39, 0.29) is 18.0 Å². The van der Waals surface area contributed by atoms with Crippen LogP contribution in [-0.4, -0.2) is 4.92 Å². The minimum atomic E-state index is -3.82. The summed E-state index contributed by atoms with van der Waals surface area (Å²) in [6.45, 7) is -3.78. The molecular weight excluding hydrogens is 317 g/mol. The van der Waals surface area contributed by atoms with Crippen molar-refractivity contribution in [3.8, 4) is 5.75 Å². The first-order valence-electron chi connectivity index (χ1n) is 5.88. The number of non-ortho nitro benzene ring substituents is 1. The maximum atomic E-state index is 12.0. The molecule has 0 aromatic heterocycles. The molecule has 0 heterocycles. The maximum absolute atomic E-state index is 12.0. The quantitative estimate of drug-likeness (QED) is 0.442. The summed E-state index contributed by atoms with van der Waals surface area (Å²) < 4.78 is 22.1. The number of benzene rings is 2. The number of halogens is 1. The molecule has 0 aliphatic rings. The van der Waals surface area contributed by atoms with Crippen LogP contribution in [-0.2, 0) is 15.7 Å². The zero-order valence-electron chi connectivity index (χ0n) is 10.7. The van der Waals surface area contributed by atoms with E-state index < -0.39 is 11.9 Å². The van der Waals surface area contributed by atoms with Gasteiger partial charge >= 0.3 is 6.95 Å². The van der Waals surface area contributed by atoms with Crippen LogP contribution < -0.4 is 4.52 Å². The molecule has 0 N–H and O–H groups in total. The van der Waals surface area contributed by atoms with Gasteiger partial charge < -0.3 is 4.52 Å². The van der Waals surface area contributed by atoms with Crippen LogP contribution in [0.25, 0.3) is 0 Å². The molecule has 0 amide bonds. The van der Waals surface area contributed by atoms with Crippen LogP contribution in [0.5, 0.6) is 5.75 Å². The van der Waals surface area contributed by atoms with E-state index in [1.54, 1.807) is 12.1 Å². The summed E-state index contributed by atoms with van der Waals surface area (Å²) >= 11 is 5.70. The van der Waals surface area contributed by atoms with E-state index in [1.165, 1.54) is 24.3 Å². The largest absolute Gasteiger partial charge is 0.477 e. The summed E-state index contributed by atoms with van der Waals surface area (Å²) in [6, 6.07) is 14.1. The lowest BCUT2D eigenvalue weighted by Gasteiger charge is -2.12. The molecule has 1 atom stereocenters. The molecular formula is C13H11ClNO5P. The summed E-state index contributed by atoms with van der Waals surface area (Å²) in [7, 11) is 0. The van der Waals surface area contributed by atoms with Gasteiger partial charge in [-0.05, 0) is 17.7 Å². The molecule has 8 heteroatoms. The molecule has 21 heavy (non-hydrogen) atoms. The fraction of sp³-hybridized carbons (Fsp3) is 0.0769. The Balaban J connectivity index is 1.97. The standard InChI is InChI=1S/C13H11ClNO5P/c14-21(18,19-10-11-4-2-1-3-5-11)20-13-8-6-12(7-9-13)15(16)17/h1-9H,10H2. The highest BCUT2D eigenvalue weighted by atomic mass is 35.7. The Morgan fingerprint density at radius 3 is 2.29 bits per heavy atom. The van der Waals surface area contributed by atoms with Crippen LogP contribution in [0.3, 0.4) is 0 Å². The molecule has 0 saturated carbocycles. The average molecular weight is 328 g/mol. The number of nitrogens with zero attached hydrogens (tertiary/aromatic N) is 1. The summed E-state index contributed by atoms with van der Waals surface area (Å²) in [5, 5.41) is 10.5. The first-order chi connectivity index (χ1) is 9.96. The summed E-state index contributed by atoms with van der Waals surface area (Å²) in [6.07, 6.45) is 0. The second kappa shape index (κ2) is 6.72. The highest BCUT2D eigenvalue weighted by Crippen LogP contribution is 2.53. The molecule has 6 nitrogen and oxygen atoms in total. The van der Waals surface area contributed by atoms with Crippen LogP contribution in [0.1, 0.15) is 5.56 Å². The van der Waals surface area contributed by atoms with Crippen LogP contribution in [0.4, 0.5) is 5.69 Å².